The van der Waals surface area contributed by atoms with Crippen molar-refractivity contribution in [3.63, 3.8) is 0 Å². The van der Waals surface area contributed by atoms with E-state index in [0.29, 0.717) is 15.8 Å². The van der Waals surface area contributed by atoms with Crippen LogP contribution in [-0.2, 0) is 0 Å². The van der Waals surface area contributed by atoms with E-state index in [2.05, 4.69) is 27.8 Å². The van der Waals surface area contributed by atoms with Crippen LogP contribution in [0.2, 0.25) is 5.02 Å². The number of carbonyl (C=O) groups is 1. The summed E-state index contributed by atoms with van der Waals surface area (Å²) >= 11 is 8.81. The molecule has 1 aromatic carbocycles. The van der Waals surface area contributed by atoms with Crippen LogP contribution in [0.3, 0.4) is 0 Å². The van der Waals surface area contributed by atoms with Gasteiger partial charge in [0.25, 0.3) is 0 Å². The lowest BCUT2D eigenvalue weighted by molar-refractivity contribution is 0.262. The molecule has 1 aromatic heterocycles. The molecule has 0 fully saturated rings. The standard InChI is InChI=1S/C13H15ClN4OS2/c1-2-3-8-20-13-18-17-12(21-13)16-11(19)15-10-6-4-9(14)5-7-10/h4-7H,2-3,8H2,1H3,(H2,15,16,17,19). The van der Waals surface area contributed by atoms with Crippen molar-refractivity contribution < 1.29 is 4.79 Å². The number of hydrogen-bond donors (Lipinski definition) is 2. The molecule has 0 unspecified atom stereocenters. The second-order valence-corrected chi connectivity index (χ2v) is 6.92. The van der Waals surface area contributed by atoms with E-state index in [0.717, 1.165) is 22.9 Å². The maximum Gasteiger partial charge on any atom is 0.325 e. The predicted molar refractivity (Wildman–Crippen MR) is 89.6 cm³/mol. The first-order valence-corrected chi connectivity index (χ1v) is 8.65. The van der Waals surface area contributed by atoms with Gasteiger partial charge in [0.1, 0.15) is 0 Å². The van der Waals surface area contributed by atoms with E-state index in [1.54, 1.807) is 36.0 Å². The lowest BCUT2D eigenvalue weighted by Gasteiger charge is -2.04. The van der Waals surface area contributed by atoms with Crippen LogP contribution in [0.25, 0.3) is 0 Å². The van der Waals surface area contributed by atoms with Crippen molar-refractivity contribution in [3.05, 3.63) is 29.3 Å². The van der Waals surface area contributed by atoms with Crippen LogP contribution in [0, 0.1) is 0 Å². The molecule has 8 heteroatoms. The zero-order valence-electron chi connectivity index (χ0n) is 11.4. The molecule has 2 aromatic rings. The molecular weight excluding hydrogens is 328 g/mol. The van der Waals surface area contributed by atoms with Gasteiger partial charge in [0, 0.05) is 16.5 Å². The Morgan fingerprint density at radius 1 is 1.29 bits per heavy atom. The molecule has 0 radical (unpaired) electrons. The Hall–Kier alpha value is -1.31. The van der Waals surface area contributed by atoms with Gasteiger partial charge < -0.3 is 5.32 Å². The first-order valence-electron chi connectivity index (χ1n) is 6.47. The molecule has 2 rings (SSSR count). The molecule has 112 valence electrons. The fourth-order valence-corrected chi connectivity index (χ4v) is 3.44. The third kappa shape index (κ3) is 5.53. The predicted octanol–water partition coefficient (Wildman–Crippen LogP) is 4.73. The lowest BCUT2D eigenvalue weighted by Crippen LogP contribution is -2.19. The van der Waals surface area contributed by atoms with Crippen LogP contribution >= 0.6 is 34.7 Å². The van der Waals surface area contributed by atoms with Gasteiger partial charge in [-0.3, -0.25) is 5.32 Å². The van der Waals surface area contributed by atoms with E-state index in [4.69, 9.17) is 11.6 Å². The highest BCUT2D eigenvalue weighted by atomic mass is 35.5. The topological polar surface area (TPSA) is 66.9 Å². The normalized spacial score (nSPS) is 10.4. The van der Waals surface area contributed by atoms with Crippen LogP contribution in [0.5, 0.6) is 0 Å². The number of thioether (sulfide) groups is 1. The number of benzene rings is 1. The van der Waals surface area contributed by atoms with Crippen LogP contribution in [0.4, 0.5) is 15.6 Å². The number of anilines is 2. The summed E-state index contributed by atoms with van der Waals surface area (Å²) in [6.45, 7) is 2.15. The maximum atomic E-state index is 11.8. The molecule has 0 saturated heterocycles. The van der Waals surface area contributed by atoms with Gasteiger partial charge in [0.2, 0.25) is 5.13 Å². The first kappa shape index (κ1) is 16.1. The molecule has 0 atom stereocenters. The van der Waals surface area contributed by atoms with Gasteiger partial charge in [0.15, 0.2) is 4.34 Å². The number of rotatable bonds is 6. The molecule has 5 nitrogen and oxygen atoms in total. The second kappa shape index (κ2) is 8.21. The summed E-state index contributed by atoms with van der Waals surface area (Å²) in [6, 6.07) is 6.54. The van der Waals surface area contributed by atoms with Crippen LogP contribution in [0.1, 0.15) is 19.8 Å². The van der Waals surface area contributed by atoms with Gasteiger partial charge in [-0.15, -0.1) is 10.2 Å². The van der Waals surface area contributed by atoms with Gasteiger partial charge in [-0.05, 0) is 30.7 Å². The molecule has 21 heavy (non-hydrogen) atoms. The fourth-order valence-electron chi connectivity index (χ4n) is 1.42. The van der Waals surface area contributed by atoms with Crippen LogP contribution < -0.4 is 10.6 Å². The summed E-state index contributed by atoms with van der Waals surface area (Å²) < 4.78 is 0.866. The summed E-state index contributed by atoms with van der Waals surface area (Å²) in [5, 5.41) is 14.5. The van der Waals surface area contributed by atoms with Crippen molar-refractivity contribution >= 4 is 51.5 Å². The van der Waals surface area contributed by atoms with Crippen molar-refractivity contribution in [2.24, 2.45) is 0 Å². The van der Waals surface area contributed by atoms with Crippen molar-refractivity contribution in [3.8, 4) is 0 Å². The largest absolute Gasteiger partial charge is 0.325 e. The molecular formula is C13H15ClN4OS2. The van der Waals surface area contributed by atoms with E-state index in [1.807, 2.05) is 0 Å². The number of unbranched alkanes of at least 4 members (excludes halogenated alkanes) is 1. The van der Waals surface area contributed by atoms with Crippen LogP contribution in [-0.4, -0.2) is 22.0 Å². The number of carbonyl (C=O) groups excluding carboxylic acids is 1. The average Bonchev–Trinajstić information content (AvgIpc) is 2.89. The minimum Gasteiger partial charge on any atom is -0.308 e. The molecule has 0 aliphatic rings. The molecule has 0 saturated carbocycles. The van der Waals surface area contributed by atoms with Gasteiger partial charge in [-0.25, -0.2) is 4.79 Å². The van der Waals surface area contributed by atoms with E-state index in [1.165, 1.54) is 11.3 Å². The third-order valence-corrected chi connectivity index (χ3v) is 4.76. The number of amides is 2. The van der Waals surface area contributed by atoms with E-state index < -0.39 is 0 Å². The van der Waals surface area contributed by atoms with Crippen LogP contribution in [0.15, 0.2) is 28.6 Å². The highest BCUT2D eigenvalue weighted by Crippen LogP contribution is 2.26. The molecule has 2 amide bonds. The second-order valence-electron chi connectivity index (χ2n) is 4.16. The van der Waals surface area contributed by atoms with Crippen molar-refractivity contribution in [1.82, 2.24) is 10.2 Å². The number of hydrogen-bond acceptors (Lipinski definition) is 5. The third-order valence-electron chi connectivity index (χ3n) is 2.45. The number of halogens is 1. The highest BCUT2D eigenvalue weighted by Gasteiger charge is 2.08. The Kier molecular flexibility index (Phi) is 6.28. The summed E-state index contributed by atoms with van der Waals surface area (Å²) in [7, 11) is 0. The zero-order chi connectivity index (χ0) is 15.1. The number of aromatic nitrogens is 2. The van der Waals surface area contributed by atoms with Crippen molar-refractivity contribution in [2.45, 2.75) is 24.1 Å². The molecule has 1 heterocycles. The number of nitrogens with one attached hydrogen (secondary N) is 2. The van der Waals surface area contributed by atoms with E-state index in [9.17, 15) is 4.79 Å². The quantitative estimate of drug-likeness (QED) is 0.452. The molecule has 0 spiro atoms. The Morgan fingerprint density at radius 3 is 2.76 bits per heavy atom. The molecule has 0 aliphatic heterocycles. The fraction of sp³-hybridized carbons (Fsp3) is 0.308. The Bertz CT molecular complexity index is 588. The Labute approximate surface area is 136 Å². The highest BCUT2D eigenvalue weighted by molar-refractivity contribution is 8.01. The summed E-state index contributed by atoms with van der Waals surface area (Å²) in [5.41, 5.74) is 0.666. The SMILES string of the molecule is CCCCSc1nnc(NC(=O)Nc2ccc(Cl)cc2)s1. The number of nitrogens with zero attached hydrogens (tertiary/aromatic N) is 2. The van der Waals surface area contributed by atoms with Gasteiger partial charge in [-0.2, -0.15) is 0 Å². The minimum absolute atomic E-state index is 0.349. The monoisotopic (exact) mass is 342 g/mol. The summed E-state index contributed by atoms with van der Waals surface area (Å²) in [4.78, 5) is 11.8. The summed E-state index contributed by atoms with van der Waals surface area (Å²) in [5.74, 6) is 1.02. The zero-order valence-corrected chi connectivity index (χ0v) is 13.8. The first-order chi connectivity index (χ1) is 10.2. The maximum absolute atomic E-state index is 11.8. The Balaban J connectivity index is 1.83. The van der Waals surface area contributed by atoms with E-state index >= 15 is 0 Å². The molecule has 2 N–H and O–H groups in total. The van der Waals surface area contributed by atoms with Gasteiger partial charge >= 0.3 is 6.03 Å². The minimum atomic E-state index is -0.349. The molecule has 0 aliphatic carbocycles. The lowest BCUT2D eigenvalue weighted by atomic mass is 10.3. The van der Waals surface area contributed by atoms with E-state index in [-0.39, 0.29) is 6.03 Å². The van der Waals surface area contributed by atoms with Crippen molar-refractivity contribution in [2.75, 3.05) is 16.4 Å². The average molecular weight is 343 g/mol. The van der Waals surface area contributed by atoms with Gasteiger partial charge in [-0.1, -0.05) is 48.0 Å². The molecule has 0 bridgehead atoms. The summed E-state index contributed by atoms with van der Waals surface area (Å²) in [6.07, 6.45) is 2.30. The van der Waals surface area contributed by atoms with Gasteiger partial charge in [0.05, 0.1) is 0 Å². The smallest absolute Gasteiger partial charge is 0.308 e. The Morgan fingerprint density at radius 2 is 2.05 bits per heavy atom. The number of urea groups is 1. The van der Waals surface area contributed by atoms with Crippen molar-refractivity contribution in [1.29, 1.82) is 0 Å².